The molecule has 160 valence electrons. The molecule has 8 heteroatoms. The third-order valence-electron chi connectivity index (χ3n) is 3.77. The monoisotopic (exact) mass is 414 g/mol. The van der Waals surface area contributed by atoms with Crippen molar-refractivity contribution >= 4 is 23.7 Å². The summed E-state index contributed by atoms with van der Waals surface area (Å²) in [5, 5.41) is 14.2. The first-order valence-corrected chi connectivity index (χ1v) is 9.47. The van der Waals surface area contributed by atoms with Crippen molar-refractivity contribution in [2.45, 2.75) is 45.3 Å². The minimum atomic E-state index is -1.24. The zero-order chi connectivity index (χ0) is 22.1. The van der Waals surface area contributed by atoms with Crippen LogP contribution in [0.15, 0.2) is 54.6 Å². The number of hydrogen-bond acceptors (Lipinski definition) is 5. The maximum absolute atomic E-state index is 12.2. The number of carboxylic acid groups (broad SMARTS) is 1. The maximum Gasteiger partial charge on any atom is 0.408 e. The van der Waals surface area contributed by atoms with Crippen molar-refractivity contribution in [2.24, 2.45) is 0 Å². The molecule has 1 unspecified atom stereocenters. The maximum atomic E-state index is 12.2. The summed E-state index contributed by atoms with van der Waals surface area (Å²) in [6.45, 7) is 5.02. The van der Waals surface area contributed by atoms with Crippen LogP contribution in [0.5, 0.6) is 11.5 Å². The van der Waals surface area contributed by atoms with E-state index in [-0.39, 0.29) is 18.7 Å². The van der Waals surface area contributed by atoms with Gasteiger partial charge in [-0.3, -0.25) is 4.79 Å². The number of anilines is 1. The lowest BCUT2D eigenvalue weighted by Gasteiger charge is -2.21. The van der Waals surface area contributed by atoms with E-state index in [0.717, 1.165) is 0 Å². The molecule has 0 aliphatic carbocycles. The third kappa shape index (κ3) is 8.22. The lowest BCUT2D eigenvalue weighted by molar-refractivity contribution is -0.139. The Morgan fingerprint density at radius 1 is 0.967 bits per heavy atom. The molecule has 0 aromatic heterocycles. The van der Waals surface area contributed by atoms with Gasteiger partial charge in [-0.1, -0.05) is 18.2 Å². The number of ether oxygens (including phenoxy) is 2. The van der Waals surface area contributed by atoms with Gasteiger partial charge in [0.1, 0.15) is 23.1 Å². The van der Waals surface area contributed by atoms with Crippen LogP contribution in [0.1, 0.15) is 33.6 Å². The van der Waals surface area contributed by atoms with E-state index in [2.05, 4.69) is 10.6 Å². The molecule has 0 aliphatic rings. The highest BCUT2D eigenvalue weighted by Gasteiger charge is 2.24. The van der Waals surface area contributed by atoms with Gasteiger partial charge in [-0.05, 0) is 63.6 Å². The van der Waals surface area contributed by atoms with Gasteiger partial charge in [0.15, 0.2) is 0 Å². The number of carbonyl (C=O) groups excluding carboxylic acids is 2. The van der Waals surface area contributed by atoms with Gasteiger partial charge in [0.25, 0.3) is 0 Å². The molecule has 0 saturated heterocycles. The molecule has 3 N–H and O–H groups in total. The van der Waals surface area contributed by atoms with Crippen molar-refractivity contribution in [3.8, 4) is 11.5 Å². The Morgan fingerprint density at radius 3 is 2.13 bits per heavy atom. The van der Waals surface area contributed by atoms with Crippen LogP contribution in [0, 0.1) is 0 Å². The number of aliphatic carboxylic acids is 1. The van der Waals surface area contributed by atoms with Crippen molar-refractivity contribution in [1.29, 1.82) is 0 Å². The normalized spacial score (nSPS) is 11.8. The first-order valence-electron chi connectivity index (χ1n) is 9.47. The van der Waals surface area contributed by atoms with E-state index >= 15 is 0 Å². The summed E-state index contributed by atoms with van der Waals surface area (Å²) in [5.74, 6) is -0.293. The zero-order valence-electron chi connectivity index (χ0n) is 17.2. The highest BCUT2D eigenvalue weighted by Crippen LogP contribution is 2.22. The SMILES string of the molecule is CC(C)(C)OC(=O)NC(CCC(=O)Nc1ccc(Oc2ccccc2)cc1)C(=O)O. The third-order valence-corrected chi connectivity index (χ3v) is 3.77. The number of nitrogens with one attached hydrogen (secondary N) is 2. The average Bonchev–Trinajstić information content (AvgIpc) is 2.66. The lowest BCUT2D eigenvalue weighted by Crippen LogP contribution is -2.43. The van der Waals surface area contributed by atoms with Crippen LogP contribution in [0.25, 0.3) is 0 Å². The van der Waals surface area contributed by atoms with Gasteiger partial charge in [-0.15, -0.1) is 0 Å². The Bertz CT molecular complexity index is 859. The Kier molecular flexibility index (Phi) is 7.80. The summed E-state index contributed by atoms with van der Waals surface area (Å²) in [6, 6.07) is 14.9. The first kappa shape index (κ1) is 22.7. The van der Waals surface area contributed by atoms with Gasteiger partial charge < -0.3 is 25.2 Å². The average molecular weight is 414 g/mol. The van der Waals surface area contributed by atoms with Gasteiger partial charge in [-0.25, -0.2) is 9.59 Å². The fourth-order valence-corrected chi connectivity index (χ4v) is 2.44. The van der Waals surface area contributed by atoms with Crippen molar-refractivity contribution in [3.05, 3.63) is 54.6 Å². The molecule has 0 spiro atoms. The minimum absolute atomic E-state index is 0.0738. The smallest absolute Gasteiger partial charge is 0.408 e. The van der Waals surface area contributed by atoms with Crippen LogP contribution < -0.4 is 15.4 Å². The Hall–Kier alpha value is -3.55. The van der Waals surface area contributed by atoms with Gasteiger partial charge in [0.2, 0.25) is 5.91 Å². The Labute approximate surface area is 175 Å². The largest absolute Gasteiger partial charge is 0.480 e. The molecule has 0 saturated carbocycles. The van der Waals surface area contributed by atoms with E-state index in [9.17, 15) is 19.5 Å². The summed E-state index contributed by atoms with van der Waals surface area (Å²) >= 11 is 0. The molecular formula is C22H26N2O6. The van der Waals surface area contributed by atoms with Gasteiger partial charge in [-0.2, -0.15) is 0 Å². The molecule has 0 bridgehead atoms. The number of para-hydroxylation sites is 1. The Balaban J connectivity index is 1.83. The van der Waals surface area contributed by atoms with E-state index in [1.165, 1.54) is 0 Å². The van der Waals surface area contributed by atoms with Crippen LogP contribution in [-0.2, 0) is 14.3 Å². The quantitative estimate of drug-likeness (QED) is 0.597. The van der Waals surface area contributed by atoms with Crippen molar-refractivity contribution in [2.75, 3.05) is 5.32 Å². The predicted molar refractivity (Wildman–Crippen MR) is 112 cm³/mol. The molecule has 0 heterocycles. The topological polar surface area (TPSA) is 114 Å². The van der Waals surface area contributed by atoms with Gasteiger partial charge in [0, 0.05) is 12.1 Å². The first-order chi connectivity index (χ1) is 14.1. The van der Waals surface area contributed by atoms with E-state index in [1.807, 2.05) is 30.3 Å². The summed E-state index contributed by atoms with van der Waals surface area (Å²) in [5.41, 5.74) is -0.201. The number of alkyl carbamates (subject to hydrolysis) is 1. The molecule has 0 aliphatic heterocycles. The number of carboxylic acids is 1. The fraction of sp³-hybridized carbons (Fsp3) is 0.318. The predicted octanol–water partition coefficient (Wildman–Crippen LogP) is 4.18. The Morgan fingerprint density at radius 2 is 1.57 bits per heavy atom. The van der Waals surface area contributed by atoms with Crippen molar-refractivity contribution in [1.82, 2.24) is 5.32 Å². The van der Waals surface area contributed by atoms with Crippen LogP contribution in [0.4, 0.5) is 10.5 Å². The summed E-state index contributed by atoms with van der Waals surface area (Å²) in [4.78, 5) is 35.3. The second-order valence-corrected chi connectivity index (χ2v) is 7.56. The summed E-state index contributed by atoms with van der Waals surface area (Å²) < 4.78 is 10.7. The highest BCUT2D eigenvalue weighted by molar-refractivity contribution is 5.91. The highest BCUT2D eigenvalue weighted by atomic mass is 16.6. The number of carbonyl (C=O) groups is 3. The molecule has 2 aromatic rings. The minimum Gasteiger partial charge on any atom is -0.480 e. The van der Waals surface area contributed by atoms with Gasteiger partial charge >= 0.3 is 12.1 Å². The van der Waals surface area contributed by atoms with Crippen molar-refractivity contribution < 1.29 is 29.0 Å². The van der Waals surface area contributed by atoms with E-state index < -0.39 is 23.7 Å². The molecule has 2 aromatic carbocycles. The van der Waals surface area contributed by atoms with Crippen LogP contribution in [0.3, 0.4) is 0 Å². The number of hydrogen-bond donors (Lipinski definition) is 3. The molecular weight excluding hydrogens is 388 g/mol. The molecule has 30 heavy (non-hydrogen) atoms. The van der Waals surface area contributed by atoms with E-state index in [0.29, 0.717) is 17.2 Å². The summed E-state index contributed by atoms with van der Waals surface area (Å²) in [7, 11) is 0. The van der Waals surface area contributed by atoms with Crippen LogP contribution in [0.2, 0.25) is 0 Å². The molecule has 0 fully saturated rings. The number of amides is 2. The zero-order valence-corrected chi connectivity index (χ0v) is 17.2. The second kappa shape index (κ2) is 10.3. The van der Waals surface area contributed by atoms with Crippen LogP contribution >= 0.6 is 0 Å². The van der Waals surface area contributed by atoms with Gasteiger partial charge in [0.05, 0.1) is 0 Å². The molecule has 2 rings (SSSR count). The molecule has 8 nitrogen and oxygen atoms in total. The number of benzene rings is 2. The fourth-order valence-electron chi connectivity index (χ4n) is 2.44. The molecule has 1 atom stereocenters. The molecule has 0 radical (unpaired) electrons. The van der Waals surface area contributed by atoms with Crippen molar-refractivity contribution in [3.63, 3.8) is 0 Å². The molecule has 2 amide bonds. The van der Waals surface area contributed by atoms with E-state index in [4.69, 9.17) is 9.47 Å². The standard InChI is InChI=1S/C22H26N2O6/c1-22(2,3)30-21(28)24-18(20(26)27)13-14-19(25)23-15-9-11-17(12-10-15)29-16-7-5-4-6-8-16/h4-12,18H,13-14H2,1-3H3,(H,23,25)(H,24,28)(H,26,27). The summed E-state index contributed by atoms with van der Waals surface area (Å²) in [6.07, 6.45) is -1.01. The van der Waals surface area contributed by atoms with Crippen LogP contribution in [-0.4, -0.2) is 34.7 Å². The lowest BCUT2D eigenvalue weighted by atomic mass is 10.1. The number of rotatable bonds is 8. The second-order valence-electron chi connectivity index (χ2n) is 7.56. The van der Waals surface area contributed by atoms with E-state index in [1.54, 1.807) is 45.0 Å².